The van der Waals surface area contributed by atoms with Crippen molar-refractivity contribution in [3.8, 4) is 16.6 Å². The highest BCUT2D eigenvalue weighted by Gasteiger charge is 2.36. The molecule has 2 rings (SSSR count). The summed E-state index contributed by atoms with van der Waals surface area (Å²) in [5, 5.41) is 10.8. The third-order valence-electron chi connectivity index (χ3n) is 3.25. The summed E-state index contributed by atoms with van der Waals surface area (Å²) >= 11 is 2.08. The number of hydrogen-bond acceptors (Lipinski definition) is 6. The van der Waals surface area contributed by atoms with E-state index in [1.165, 1.54) is 18.3 Å². The molecule has 0 spiro atoms. The number of nitrogens with zero attached hydrogens (tertiary/aromatic N) is 2. The molecule has 2 aromatic heterocycles. The summed E-state index contributed by atoms with van der Waals surface area (Å²) in [4.78, 5) is 4.70. The Morgan fingerprint density at radius 1 is 1.40 bits per heavy atom. The predicted octanol–water partition coefficient (Wildman–Crippen LogP) is 4.23. The largest absolute Gasteiger partial charge is 0.417 e. The summed E-state index contributed by atoms with van der Waals surface area (Å²) < 4.78 is 63.1. The van der Waals surface area contributed by atoms with Crippen molar-refractivity contribution in [1.82, 2.24) is 4.98 Å². The smallest absolute Gasteiger partial charge is 0.239 e. The number of halogens is 3. The van der Waals surface area contributed by atoms with Gasteiger partial charge in [-0.05, 0) is 17.5 Å². The van der Waals surface area contributed by atoms with Gasteiger partial charge in [0.2, 0.25) is 0 Å². The van der Waals surface area contributed by atoms with Gasteiger partial charge in [0.05, 0.1) is 27.5 Å². The number of alkyl halides is 3. The molecule has 0 bridgehead atoms. The number of rotatable bonds is 6. The van der Waals surface area contributed by atoms with E-state index in [-0.39, 0.29) is 28.0 Å². The summed E-state index contributed by atoms with van der Waals surface area (Å²) in [5.41, 5.74) is -1.52. The van der Waals surface area contributed by atoms with E-state index < -0.39 is 27.1 Å². The van der Waals surface area contributed by atoms with Crippen LogP contribution in [0.3, 0.4) is 0 Å². The first-order valence-corrected chi connectivity index (χ1v) is 10.8. The molecule has 0 saturated heterocycles. The highest BCUT2D eigenvalue weighted by atomic mass is 32.2. The Morgan fingerprint density at radius 3 is 2.64 bits per heavy atom. The Balaban J connectivity index is 2.46. The fraction of sp³-hybridized carbons (Fsp3) is 0.333. The van der Waals surface area contributed by atoms with Crippen LogP contribution < -0.4 is 0 Å². The Hall–Kier alpha value is -1.57. The number of hydrogen-bond donors (Lipinski definition) is 0. The zero-order valence-corrected chi connectivity index (χ0v) is 15.4. The van der Waals surface area contributed by atoms with Gasteiger partial charge in [-0.1, -0.05) is 13.0 Å². The minimum Gasteiger partial charge on any atom is -0.239 e. The first kappa shape index (κ1) is 19.8. The van der Waals surface area contributed by atoms with Crippen LogP contribution in [0.1, 0.15) is 18.1 Å². The van der Waals surface area contributed by atoms with Crippen molar-refractivity contribution < 1.29 is 21.6 Å². The molecule has 0 atom stereocenters. The lowest BCUT2D eigenvalue weighted by atomic mass is 10.1. The van der Waals surface area contributed by atoms with Gasteiger partial charge in [-0.2, -0.15) is 18.4 Å². The molecule has 134 valence electrons. The molecule has 4 nitrogen and oxygen atoms in total. The summed E-state index contributed by atoms with van der Waals surface area (Å²) in [5.74, 6) is -0.205. The first-order chi connectivity index (χ1) is 11.7. The highest BCUT2D eigenvalue weighted by molar-refractivity contribution is 8.00. The van der Waals surface area contributed by atoms with Crippen molar-refractivity contribution >= 4 is 32.9 Å². The molecule has 0 radical (unpaired) electrons. The monoisotopic (exact) mass is 406 g/mol. The van der Waals surface area contributed by atoms with E-state index in [1.54, 1.807) is 23.6 Å². The average molecular weight is 406 g/mol. The van der Waals surface area contributed by atoms with Crippen molar-refractivity contribution in [1.29, 1.82) is 5.26 Å². The van der Waals surface area contributed by atoms with Crippen LogP contribution in [0.25, 0.3) is 10.6 Å². The number of sulfone groups is 1. The highest BCUT2D eigenvalue weighted by Crippen LogP contribution is 2.38. The molecule has 0 aliphatic carbocycles. The van der Waals surface area contributed by atoms with E-state index in [1.807, 2.05) is 0 Å². The SMILES string of the molecule is CCS(=O)(=O)CCSc1nc(-c2cccs2)cc(C(F)(F)F)c1C#N. The van der Waals surface area contributed by atoms with E-state index in [0.717, 1.165) is 17.8 Å². The Morgan fingerprint density at radius 2 is 2.12 bits per heavy atom. The lowest BCUT2D eigenvalue weighted by Gasteiger charge is -2.13. The van der Waals surface area contributed by atoms with Crippen LogP contribution in [0.4, 0.5) is 13.2 Å². The molecule has 0 N–H and O–H groups in total. The van der Waals surface area contributed by atoms with E-state index >= 15 is 0 Å². The molecule has 0 saturated carbocycles. The molecule has 0 amide bonds. The van der Waals surface area contributed by atoms with E-state index in [4.69, 9.17) is 0 Å². The van der Waals surface area contributed by atoms with E-state index in [9.17, 15) is 26.9 Å². The summed E-state index contributed by atoms with van der Waals surface area (Å²) in [6, 6.07) is 5.74. The maximum atomic E-state index is 13.3. The van der Waals surface area contributed by atoms with Crippen LogP contribution in [-0.2, 0) is 16.0 Å². The third kappa shape index (κ3) is 4.96. The van der Waals surface area contributed by atoms with Gasteiger partial charge >= 0.3 is 6.18 Å². The van der Waals surface area contributed by atoms with Gasteiger partial charge in [-0.15, -0.1) is 23.1 Å². The predicted molar refractivity (Wildman–Crippen MR) is 92.3 cm³/mol. The van der Waals surface area contributed by atoms with Crippen molar-refractivity contribution in [3.05, 3.63) is 34.7 Å². The summed E-state index contributed by atoms with van der Waals surface area (Å²) in [6.07, 6.45) is -4.70. The lowest BCUT2D eigenvalue weighted by molar-refractivity contribution is -0.138. The maximum absolute atomic E-state index is 13.3. The van der Waals surface area contributed by atoms with Gasteiger partial charge in [0, 0.05) is 11.5 Å². The van der Waals surface area contributed by atoms with Gasteiger partial charge in [0.1, 0.15) is 11.1 Å². The molecule has 2 heterocycles. The minimum atomic E-state index is -4.70. The summed E-state index contributed by atoms with van der Waals surface area (Å²) in [7, 11) is -3.25. The standard InChI is InChI=1S/C15H13F3N2O2S3/c1-2-25(21,22)7-6-24-14-10(9-19)11(15(16,17)18)8-12(20-14)13-4-3-5-23-13/h3-5,8H,2,6-7H2,1H3. The van der Waals surface area contributed by atoms with Gasteiger partial charge in [-0.3, -0.25) is 0 Å². The van der Waals surface area contributed by atoms with Crippen LogP contribution in [0.15, 0.2) is 28.6 Å². The Bertz CT molecular complexity index is 886. The zero-order valence-electron chi connectivity index (χ0n) is 13.0. The Labute approximate surface area is 151 Å². The normalized spacial score (nSPS) is 12.1. The number of thioether (sulfide) groups is 1. The van der Waals surface area contributed by atoms with Crippen LogP contribution in [0.2, 0.25) is 0 Å². The van der Waals surface area contributed by atoms with Crippen molar-refractivity contribution in [2.24, 2.45) is 0 Å². The molecule has 10 heteroatoms. The second kappa shape index (κ2) is 7.76. The maximum Gasteiger partial charge on any atom is 0.417 e. The van der Waals surface area contributed by atoms with Crippen molar-refractivity contribution in [2.75, 3.05) is 17.3 Å². The second-order valence-corrected chi connectivity index (χ2v) is 9.41. The third-order valence-corrected chi connectivity index (χ3v) is 7.08. The van der Waals surface area contributed by atoms with E-state index in [2.05, 4.69) is 4.98 Å². The van der Waals surface area contributed by atoms with Crippen LogP contribution >= 0.6 is 23.1 Å². The Kier molecular flexibility index (Phi) is 6.13. The molecule has 0 fully saturated rings. The minimum absolute atomic E-state index is 0.0308. The number of thiophene rings is 1. The average Bonchev–Trinajstić information content (AvgIpc) is 3.07. The molecule has 0 aromatic carbocycles. The van der Waals surface area contributed by atoms with Crippen LogP contribution in [0.5, 0.6) is 0 Å². The van der Waals surface area contributed by atoms with Crippen molar-refractivity contribution in [3.63, 3.8) is 0 Å². The molecule has 0 aliphatic rings. The molecule has 0 unspecified atom stereocenters. The quantitative estimate of drug-likeness (QED) is 0.672. The lowest BCUT2D eigenvalue weighted by Crippen LogP contribution is -2.12. The fourth-order valence-corrected chi connectivity index (χ4v) is 4.90. The topological polar surface area (TPSA) is 70.8 Å². The van der Waals surface area contributed by atoms with Crippen LogP contribution in [-0.4, -0.2) is 30.7 Å². The van der Waals surface area contributed by atoms with Gasteiger partial charge in [-0.25, -0.2) is 13.4 Å². The number of nitriles is 1. The van der Waals surface area contributed by atoms with Crippen LogP contribution in [0, 0.1) is 11.3 Å². The first-order valence-electron chi connectivity index (χ1n) is 7.07. The zero-order chi connectivity index (χ0) is 18.7. The molecular formula is C15H13F3N2O2S3. The van der Waals surface area contributed by atoms with Gasteiger partial charge in [0.15, 0.2) is 9.84 Å². The summed E-state index contributed by atoms with van der Waals surface area (Å²) in [6.45, 7) is 1.50. The van der Waals surface area contributed by atoms with Gasteiger partial charge in [0.25, 0.3) is 0 Å². The number of pyridine rings is 1. The molecular weight excluding hydrogens is 393 g/mol. The fourth-order valence-electron chi connectivity index (χ4n) is 1.92. The second-order valence-electron chi connectivity index (χ2n) is 4.91. The molecule has 25 heavy (non-hydrogen) atoms. The molecule has 0 aliphatic heterocycles. The van der Waals surface area contributed by atoms with E-state index in [0.29, 0.717) is 4.88 Å². The molecule has 2 aromatic rings. The van der Waals surface area contributed by atoms with Crippen molar-refractivity contribution in [2.45, 2.75) is 18.1 Å². The number of aromatic nitrogens is 1. The van der Waals surface area contributed by atoms with Gasteiger partial charge < -0.3 is 0 Å².